The van der Waals surface area contributed by atoms with Gasteiger partial charge < -0.3 is 19.6 Å². The topological polar surface area (TPSA) is 108 Å². The Morgan fingerprint density at radius 2 is 1.80 bits per heavy atom. The van der Waals surface area contributed by atoms with E-state index in [0.29, 0.717) is 48.4 Å². The fraction of sp³-hybridized carbons (Fsp3) is 0.314. The number of carbonyl (C=O) groups excluding carboxylic acids is 1. The zero-order valence-corrected chi connectivity index (χ0v) is 27.6. The SMILES string of the molecule is CN(C)CCCc1ccc(OCCCc2sc(N3CCc4cccc(C(=O)Nc5nc6ccccc6s5)c4C3)nc2C(=O)O)cc1. The maximum Gasteiger partial charge on any atom is 0.355 e. The van der Waals surface area contributed by atoms with Crippen LogP contribution >= 0.6 is 22.7 Å². The lowest BCUT2D eigenvalue weighted by Crippen LogP contribution is -2.32. The quantitative estimate of drug-likeness (QED) is 0.134. The highest BCUT2D eigenvalue weighted by Gasteiger charge is 2.26. The molecular formula is C35H37N5O4S2. The Balaban J connectivity index is 1.08. The maximum atomic E-state index is 13.4. The minimum atomic E-state index is -1.03. The molecule has 0 aliphatic carbocycles. The molecule has 5 aromatic rings. The fourth-order valence-electron chi connectivity index (χ4n) is 5.63. The summed E-state index contributed by atoms with van der Waals surface area (Å²) >= 11 is 2.86. The number of nitrogens with one attached hydrogen (secondary N) is 1. The number of para-hydroxylation sites is 1. The molecule has 0 unspecified atom stereocenters. The highest BCUT2D eigenvalue weighted by Crippen LogP contribution is 2.33. The normalized spacial score (nSPS) is 12.8. The van der Waals surface area contributed by atoms with Gasteiger partial charge >= 0.3 is 5.97 Å². The average molecular weight is 656 g/mol. The number of hydrogen-bond donors (Lipinski definition) is 2. The van der Waals surface area contributed by atoms with E-state index >= 15 is 0 Å². The fourth-order valence-corrected chi connectivity index (χ4v) is 7.61. The molecule has 6 rings (SSSR count). The summed E-state index contributed by atoms with van der Waals surface area (Å²) in [6.45, 7) is 2.71. The molecule has 0 fully saturated rings. The molecule has 9 nitrogen and oxygen atoms in total. The predicted octanol–water partition coefficient (Wildman–Crippen LogP) is 6.77. The Labute approximate surface area is 276 Å². The second kappa shape index (κ2) is 14.4. The first-order chi connectivity index (χ1) is 22.3. The van der Waals surface area contributed by atoms with Gasteiger partial charge in [0.2, 0.25) is 0 Å². The number of rotatable bonds is 13. The smallest absolute Gasteiger partial charge is 0.355 e. The Morgan fingerprint density at radius 1 is 0.978 bits per heavy atom. The zero-order valence-electron chi connectivity index (χ0n) is 26.0. The van der Waals surface area contributed by atoms with Gasteiger partial charge in [0.05, 0.1) is 16.8 Å². The van der Waals surface area contributed by atoms with Crippen LogP contribution in [-0.2, 0) is 25.8 Å². The second-order valence-electron chi connectivity index (χ2n) is 11.6. The Morgan fingerprint density at radius 3 is 2.59 bits per heavy atom. The van der Waals surface area contributed by atoms with Gasteiger partial charge in [0.1, 0.15) is 5.75 Å². The van der Waals surface area contributed by atoms with Crippen molar-refractivity contribution >= 4 is 55.0 Å². The van der Waals surface area contributed by atoms with Crippen molar-refractivity contribution in [1.82, 2.24) is 14.9 Å². The summed E-state index contributed by atoms with van der Waals surface area (Å²) in [5, 5.41) is 14.1. The molecule has 2 N–H and O–H groups in total. The molecule has 0 bridgehead atoms. The second-order valence-corrected chi connectivity index (χ2v) is 13.7. The van der Waals surface area contributed by atoms with E-state index in [1.807, 2.05) is 48.5 Å². The summed E-state index contributed by atoms with van der Waals surface area (Å²) < 4.78 is 6.97. The van der Waals surface area contributed by atoms with Crippen molar-refractivity contribution in [2.45, 2.75) is 38.6 Å². The van der Waals surface area contributed by atoms with E-state index in [0.717, 1.165) is 57.8 Å². The lowest BCUT2D eigenvalue weighted by molar-refractivity contribution is 0.0690. The van der Waals surface area contributed by atoms with Crippen LogP contribution in [0.2, 0.25) is 0 Å². The number of carboxylic acid groups (broad SMARTS) is 1. The molecule has 1 amide bonds. The van der Waals surface area contributed by atoms with Crippen molar-refractivity contribution in [1.29, 1.82) is 0 Å². The molecule has 0 radical (unpaired) electrons. The van der Waals surface area contributed by atoms with E-state index < -0.39 is 5.97 Å². The predicted molar refractivity (Wildman–Crippen MR) is 185 cm³/mol. The van der Waals surface area contributed by atoms with Gasteiger partial charge in [0, 0.05) is 23.5 Å². The molecule has 3 aromatic carbocycles. The first-order valence-electron chi connectivity index (χ1n) is 15.5. The van der Waals surface area contributed by atoms with E-state index in [9.17, 15) is 14.7 Å². The van der Waals surface area contributed by atoms with Crippen molar-refractivity contribution in [3.05, 3.63) is 99.6 Å². The van der Waals surface area contributed by atoms with Crippen molar-refractivity contribution in [2.75, 3.05) is 44.0 Å². The van der Waals surface area contributed by atoms with Crippen LogP contribution in [-0.4, -0.2) is 65.6 Å². The summed E-state index contributed by atoms with van der Waals surface area (Å²) in [6, 6.07) is 21.8. The lowest BCUT2D eigenvalue weighted by atomic mass is 9.94. The van der Waals surface area contributed by atoms with E-state index in [4.69, 9.17) is 4.74 Å². The molecule has 3 heterocycles. The third-order valence-electron chi connectivity index (χ3n) is 8.00. The van der Waals surface area contributed by atoms with Crippen LogP contribution in [0.15, 0.2) is 66.7 Å². The molecule has 1 aliphatic heterocycles. The number of amides is 1. The van der Waals surface area contributed by atoms with Gasteiger partial charge in [-0.05, 0) is 99.8 Å². The molecule has 1 aliphatic rings. The lowest BCUT2D eigenvalue weighted by Gasteiger charge is -2.29. The first-order valence-corrected chi connectivity index (χ1v) is 17.1. The Kier molecular flexibility index (Phi) is 9.91. The number of anilines is 2. The minimum Gasteiger partial charge on any atom is -0.494 e. The number of aryl methyl sites for hydroxylation is 2. The number of aromatic nitrogens is 2. The molecule has 238 valence electrons. The number of benzene rings is 3. The van der Waals surface area contributed by atoms with E-state index in [2.05, 4.69) is 57.4 Å². The third-order valence-corrected chi connectivity index (χ3v) is 10.1. The third kappa shape index (κ3) is 7.55. The van der Waals surface area contributed by atoms with Crippen LogP contribution in [0, 0.1) is 0 Å². The number of carboxylic acids is 1. The average Bonchev–Trinajstić information content (AvgIpc) is 3.67. The van der Waals surface area contributed by atoms with Crippen LogP contribution in [0.25, 0.3) is 10.2 Å². The van der Waals surface area contributed by atoms with Crippen LogP contribution < -0.4 is 15.0 Å². The van der Waals surface area contributed by atoms with Gasteiger partial charge in [0.25, 0.3) is 5.91 Å². The van der Waals surface area contributed by atoms with Crippen molar-refractivity contribution < 1.29 is 19.4 Å². The highest BCUT2D eigenvalue weighted by molar-refractivity contribution is 7.22. The maximum absolute atomic E-state index is 13.4. The number of carbonyl (C=O) groups is 2. The van der Waals surface area contributed by atoms with Gasteiger partial charge in [-0.25, -0.2) is 14.8 Å². The van der Waals surface area contributed by atoms with E-state index in [1.165, 1.54) is 28.2 Å². The molecule has 2 aromatic heterocycles. The number of aromatic carboxylic acids is 1. The molecule has 46 heavy (non-hydrogen) atoms. The van der Waals surface area contributed by atoms with Gasteiger partial charge in [-0.2, -0.15) is 0 Å². The molecule has 0 spiro atoms. The van der Waals surface area contributed by atoms with Crippen LogP contribution in [0.3, 0.4) is 0 Å². The van der Waals surface area contributed by atoms with Gasteiger partial charge in [0.15, 0.2) is 16.0 Å². The minimum absolute atomic E-state index is 0.0924. The largest absolute Gasteiger partial charge is 0.494 e. The van der Waals surface area contributed by atoms with Crippen molar-refractivity contribution in [3.63, 3.8) is 0 Å². The first kappa shape index (κ1) is 31.7. The summed E-state index contributed by atoms with van der Waals surface area (Å²) in [5.41, 5.74) is 4.87. The molecular weight excluding hydrogens is 619 g/mol. The van der Waals surface area contributed by atoms with Gasteiger partial charge in [-0.3, -0.25) is 10.1 Å². The van der Waals surface area contributed by atoms with E-state index in [1.54, 1.807) is 0 Å². The molecule has 0 saturated carbocycles. The number of thiazole rings is 2. The molecule has 11 heteroatoms. The Bertz CT molecular complexity index is 1800. The Hall–Kier alpha value is -4.32. The molecule has 0 atom stereocenters. The van der Waals surface area contributed by atoms with Crippen LogP contribution in [0.5, 0.6) is 5.75 Å². The number of hydrogen-bond acceptors (Lipinski definition) is 9. The highest BCUT2D eigenvalue weighted by atomic mass is 32.1. The number of ether oxygens (including phenoxy) is 1. The van der Waals surface area contributed by atoms with Crippen molar-refractivity contribution in [3.8, 4) is 5.75 Å². The monoisotopic (exact) mass is 655 g/mol. The van der Waals surface area contributed by atoms with Gasteiger partial charge in [-0.1, -0.05) is 47.7 Å². The zero-order chi connectivity index (χ0) is 32.0. The standard InChI is InChI=1S/C35H37N5O4S2/c1-39(2)19-6-8-23-14-16-25(17-15-23)44-21-7-13-30-31(33(42)43)37-35(46-30)40-20-18-24-9-5-10-26(27(24)22-40)32(41)38-34-36-28-11-3-4-12-29(28)45-34/h3-5,9-12,14-17H,6-8,13,18-22H2,1-2H3,(H,42,43)(H,36,38,41). The van der Waals surface area contributed by atoms with Crippen molar-refractivity contribution in [2.24, 2.45) is 0 Å². The summed E-state index contributed by atoms with van der Waals surface area (Å²) in [4.78, 5) is 39.6. The number of nitrogens with zero attached hydrogens (tertiary/aromatic N) is 4. The van der Waals surface area contributed by atoms with Crippen LogP contribution in [0.1, 0.15) is 55.3 Å². The molecule has 0 saturated heterocycles. The summed E-state index contributed by atoms with van der Waals surface area (Å²) in [5.74, 6) is -0.422. The van der Waals surface area contributed by atoms with Gasteiger partial charge in [-0.15, -0.1) is 11.3 Å². The van der Waals surface area contributed by atoms with Crippen LogP contribution in [0.4, 0.5) is 10.3 Å². The van der Waals surface area contributed by atoms with E-state index in [-0.39, 0.29) is 11.6 Å². The number of fused-ring (bicyclic) bond motifs is 2. The summed E-state index contributed by atoms with van der Waals surface area (Å²) in [6.07, 6.45) is 4.11. The summed E-state index contributed by atoms with van der Waals surface area (Å²) in [7, 11) is 4.17.